The molecule has 1 aliphatic rings. The lowest BCUT2D eigenvalue weighted by atomic mass is 10.0. The topological polar surface area (TPSA) is 97.5 Å². The van der Waals surface area contributed by atoms with Gasteiger partial charge >= 0.3 is 0 Å². The number of aromatic nitrogens is 1. The third-order valence-electron chi connectivity index (χ3n) is 3.54. The van der Waals surface area contributed by atoms with Gasteiger partial charge in [0.2, 0.25) is 11.8 Å². The highest BCUT2D eigenvalue weighted by Gasteiger charge is 2.34. The van der Waals surface area contributed by atoms with E-state index in [-0.39, 0.29) is 18.4 Å². The lowest BCUT2D eigenvalue weighted by Gasteiger charge is -2.37. The van der Waals surface area contributed by atoms with Gasteiger partial charge in [0.15, 0.2) is 5.13 Å². The lowest BCUT2D eigenvalue weighted by molar-refractivity contribution is -0.128. The Morgan fingerprint density at radius 1 is 1.50 bits per heavy atom. The molecule has 0 atom stereocenters. The number of carbonyl (C=O) groups is 2. The van der Waals surface area contributed by atoms with E-state index in [9.17, 15) is 9.59 Å². The minimum Gasteiger partial charge on any atom is -0.497 e. The second-order valence-electron chi connectivity index (χ2n) is 5.12. The van der Waals surface area contributed by atoms with Gasteiger partial charge in [0.05, 0.1) is 29.8 Å². The molecule has 22 heavy (non-hydrogen) atoms. The Balaban J connectivity index is 1.63. The molecule has 0 unspecified atom stereocenters. The molecular weight excluding hydrogens is 304 g/mol. The van der Waals surface area contributed by atoms with Gasteiger partial charge in [-0.3, -0.25) is 9.59 Å². The van der Waals surface area contributed by atoms with Crippen LogP contribution >= 0.6 is 11.3 Å². The minimum atomic E-state index is -0.537. The average molecular weight is 320 g/mol. The Labute approximate surface area is 131 Å². The number of hydrogen-bond acceptors (Lipinski definition) is 6. The van der Waals surface area contributed by atoms with Crippen LogP contribution in [-0.4, -0.2) is 43.5 Å². The quantitative estimate of drug-likeness (QED) is 0.828. The summed E-state index contributed by atoms with van der Waals surface area (Å²) in [7, 11) is 1.62. The van der Waals surface area contributed by atoms with E-state index in [1.54, 1.807) is 18.4 Å². The van der Waals surface area contributed by atoms with Gasteiger partial charge in [0.1, 0.15) is 5.75 Å². The Bertz CT molecular complexity index is 724. The standard InChI is InChI=1S/C14H16N4O3S/c1-21-9-2-3-11-10(4-9)17-14(22-11)18-6-8(7-18)13(20)16-5-12(15)19/h2-4,8H,5-7H2,1H3,(H2,15,19)(H,16,20). The number of amides is 2. The van der Waals surface area contributed by atoms with Crippen LogP contribution in [0, 0.1) is 5.92 Å². The number of methoxy groups -OCH3 is 1. The number of hydrogen-bond donors (Lipinski definition) is 2. The van der Waals surface area contributed by atoms with E-state index in [1.807, 2.05) is 23.1 Å². The first kappa shape index (κ1) is 14.6. The van der Waals surface area contributed by atoms with Gasteiger partial charge in [0.25, 0.3) is 0 Å². The fourth-order valence-corrected chi connectivity index (χ4v) is 3.24. The molecule has 0 radical (unpaired) electrons. The summed E-state index contributed by atoms with van der Waals surface area (Å²) in [6, 6.07) is 5.78. The van der Waals surface area contributed by atoms with E-state index in [0.717, 1.165) is 21.1 Å². The SMILES string of the molecule is COc1ccc2sc(N3CC(C(=O)NCC(N)=O)C3)nc2c1. The van der Waals surface area contributed by atoms with Crippen LogP contribution in [-0.2, 0) is 9.59 Å². The molecule has 2 aromatic rings. The van der Waals surface area contributed by atoms with E-state index in [1.165, 1.54) is 0 Å². The van der Waals surface area contributed by atoms with Crippen molar-refractivity contribution in [3.63, 3.8) is 0 Å². The number of benzene rings is 1. The van der Waals surface area contributed by atoms with Crippen LogP contribution in [0.5, 0.6) is 5.75 Å². The van der Waals surface area contributed by atoms with Crippen LogP contribution in [0.3, 0.4) is 0 Å². The summed E-state index contributed by atoms with van der Waals surface area (Å²) in [5.74, 6) is -0.0277. The van der Waals surface area contributed by atoms with E-state index >= 15 is 0 Å². The van der Waals surface area contributed by atoms with Gasteiger partial charge < -0.3 is 20.7 Å². The maximum Gasteiger partial charge on any atom is 0.236 e. The highest BCUT2D eigenvalue weighted by Crippen LogP contribution is 2.34. The zero-order chi connectivity index (χ0) is 15.7. The number of primary amides is 1. The number of nitrogens with one attached hydrogen (secondary N) is 1. The molecule has 1 aromatic heterocycles. The highest BCUT2D eigenvalue weighted by atomic mass is 32.1. The molecule has 8 heteroatoms. The lowest BCUT2D eigenvalue weighted by Crippen LogP contribution is -2.54. The molecule has 116 valence electrons. The van der Waals surface area contributed by atoms with E-state index in [2.05, 4.69) is 10.3 Å². The van der Waals surface area contributed by atoms with Crippen molar-refractivity contribution in [3.05, 3.63) is 18.2 Å². The van der Waals surface area contributed by atoms with Crippen molar-refractivity contribution in [2.75, 3.05) is 31.6 Å². The molecule has 2 amide bonds. The van der Waals surface area contributed by atoms with Crippen LogP contribution in [0.1, 0.15) is 0 Å². The fourth-order valence-electron chi connectivity index (χ4n) is 2.28. The summed E-state index contributed by atoms with van der Waals surface area (Å²) in [5.41, 5.74) is 5.89. The van der Waals surface area contributed by atoms with Crippen molar-refractivity contribution in [1.29, 1.82) is 0 Å². The second-order valence-corrected chi connectivity index (χ2v) is 6.13. The van der Waals surface area contributed by atoms with Gasteiger partial charge in [-0.25, -0.2) is 4.98 Å². The summed E-state index contributed by atoms with van der Waals surface area (Å²) in [6.45, 7) is 1.08. The summed E-state index contributed by atoms with van der Waals surface area (Å²) in [6.07, 6.45) is 0. The maximum atomic E-state index is 11.8. The summed E-state index contributed by atoms with van der Waals surface area (Å²) >= 11 is 1.59. The number of ether oxygens (including phenoxy) is 1. The smallest absolute Gasteiger partial charge is 0.236 e. The van der Waals surface area contributed by atoms with Gasteiger partial charge in [-0.1, -0.05) is 11.3 Å². The first-order valence-electron chi connectivity index (χ1n) is 6.82. The zero-order valence-corrected chi connectivity index (χ0v) is 12.9. The molecule has 3 rings (SSSR count). The van der Waals surface area contributed by atoms with Crippen LogP contribution < -0.4 is 20.7 Å². The van der Waals surface area contributed by atoms with Crippen LogP contribution in [0.25, 0.3) is 10.2 Å². The molecule has 3 N–H and O–H groups in total. The normalized spacial score (nSPS) is 14.7. The Morgan fingerprint density at radius 3 is 2.95 bits per heavy atom. The molecule has 2 heterocycles. The molecule has 0 saturated carbocycles. The van der Waals surface area contributed by atoms with Crippen LogP contribution in [0.4, 0.5) is 5.13 Å². The number of thiazole rings is 1. The van der Waals surface area contributed by atoms with Crippen molar-refractivity contribution in [3.8, 4) is 5.75 Å². The predicted molar refractivity (Wildman–Crippen MR) is 84.1 cm³/mol. The third kappa shape index (κ3) is 2.82. The van der Waals surface area contributed by atoms with Crippen molar-refractivity contribution in [2.24, 2.45) is 11.7 Å². The summed E-state index contributed by atoms with van der Waals surface area (Å²) in [4.78, 5) is 29.0. The van der Waals surface area contributed by atoms with Crippen molar-refractivity contribution in [1.82, 2.24) is 10.3 Å². The van der Waals surface area contributed by atoms with Gasteiger partial charge in [0, 0.05) is 19.2 Å². The average Bonchev–Trinajstić information content (AvgIpc) is 2.85. The fraction of sp³-hybridized carbons (Fsp3) is 0.357. The number of nitrogens with zero attached hydrogens (tertiary/aromatic N) is 2. The molecule has 1 aliphatic heterocycles. The number of carbonyl (C=O) groups excluding carboxylic acids is 2. The van der Waals surface area contributed by atoms with Crippen molar-refractivity contribution >= 4 is 38.5 Å². The van der Waals surface area contributed by atoms with Crippen LogP contribution in [0.15, 0.2) is 18.2 Å². The third-order valence-corrected chi connectivity index (χ3v) is 4.64. The van der Waals surface area contributed by atoms with E-state index in [0.29, 0.717) is 13.1 Å². The molecular formula is C14H16N4O3S. The van der Waals surface area contributed by atoms with Crippen molar-refractivity contribution < 1.29 is 14.3 Å². The Hall–Kier alpha value is -2.35. The minimum absolute atomic E-state index is 0.115. The number of anilines is 1. The largest absolute Gasteiger partial charge is 0.497 e. The maximum absolute atomic E-state index is 11.8. The first-order valence-corrected chi connectivity index (χ1v) is 7.64. The Morgan fingerprint density at radius 2 is 2.27 bits per heavy atom. The van der Waals surface area contributed by atoms with Gasteiger partial charge in [-0.05, 0) is 12.1 Å². The highest BCUT2D eigenvalue weighted by molar-refractivity contribution is 7.22. The van der Waals surface area contributed by atoms with Crippen molar-refractivity contribution in [2.45, 2.75) is 0 Å². The van der Waals surface area contributed by atoms with Crippen LogP contribution in [0.2, 0.25) is 0 Å². The first-order chi connectivity index (χ1) is 10.6. The van der Waals surface area contributed by atoms with Gasteiger partial charge in [-0.15, -0.1) is 0 Å². The molecule has 7 nitrogen and oxygen atoms in total. The molecule has 1 saturated heterocycles. The van der Waals surface area contributed by atoms with Gasteiger partial charge in [-0.2, -0.15) is 0 Å². The molecule has 1 fully saturated rings. The number of nitrogens with two attached hydrogens (primary N) is 1. The molecule has 0 aliphatic carbocycles. The zero-order valence-electron chi connectivity index (χ0n) is 12.0. The summed E-state index contributed by atoms with van der Waals surface area (Å²) < 4.78 is 6.27. The second kappa shape index (κ2) is 5.80. The molecule has 1 aromatic carbocycles. The number of rotatable bonds is 5. The monoisotopic (exact) mass is 320 g/mol. The molecule has 0 spiro atoms. The van der Waals surface area contributed by atoms with E-state index in [4.69, 9.17) is 10.5 Å². The number of fused-ring (bicyclic) bond motifs is 1. The van der Waals surface area contributed by atoms with E-state index < -0.39 is 5.91 Å². The Kier molecular flexibility index (Phi) is 3.84. The predicted octanol–water partition coefficient (Wildman–Crippen LogP) is 0.343. The molecule has 0 bridgehead atoms. The summed E-state index contributed by atoms with van der Waals surface area (Å²) in [5, 5.41) is 3.41.